The normalized spacial score (nSPS) is 12.8. The maximum absolute atomic E-state index is 14.3. The number of fused-ring (bicyclic) bond motifs is 2. The van der Waals surface area contributed by atoms with E-state index in [0.717, 1.165) is 51.4 Å². The molecule has 14 heteroatoms. The highest BCUT2D eigenvalue weighted by Crippen LogP contribution is 2.57. The largest absolute Gasteiger partial charge is 0.494 e. The van der Waals surface area contributed by atoms with Gasteiger partial charge in [0.2, 0.25) is 0 Å². The minimum absolute atomic E-state index is 0.0364. The third-order valence-corrected chi connectivity index (χ3v) is 13.7. The van der Waals surface area contributed by atoms with Gasteiger partial charge in [-0.15, -0.1) is 0 Å². The van der Waals surface area contributed by atoms with Crippen molar-refractivity contribution >= 4 is 67.0 Å². The van der Waals surface area contributed by atoms with Crippen LogP contribution in [0, 0.1) is 0 Å². The molecule has 0 saturated carbocycles. The number of cyclic esters (lactones) is 4. The third kappa shape index (κ3) is 9.97. The Balaban J connectivity index is 1.24. The predicted molar refractivity (Wildman–Crippen MR) is 295 cm³/mol. The Kier molecular flexibility index (Phi) is 14.6. The zero-order valence-electron chi connectivity index (χ0n) is 43.7. The summed E-state index contributed by atoms with van der Waals surface area (Å²) in [5.41, 5.74) is 0.146. The van der Waals surface area contributed by atoms with Crippen LogP contribution in [0.5, 0.6) is 69.0 Å². The monoisotopic (exact) mass is 1050 g/mol. The van der Waals surface area contributed by atoms with E-state index in [4.69, 9.17) is 47.4 Å². The van der Waals surface area contributed by atoms with Gasteiger partial charge in [-0.3, -0.25) is 0 Å². The lowest BCUT2D eigenvalue weighted by Crippen LogP contribution is -2.21. The van der Waals surface area contributed by atoms with Gasteiger partial charge < -0.3 is 47.4 Å². The second-order valence-corrected chi connectivity index (χ2v) is 19.1. The molecule has 9 aromatic carbocycles. The number of hydrogen-bond donors (Lipinski definition) is 0. The molecule has 0 atom stereocenters. The van der Waals surface area contributed by atoms with Crippen LogP contribution in [0.25, 0.3) is 43.1 Å². The first kappa shape index (κ1) is 51.1. The van der Waals surface area contributed by atoms with Gasteiger partial charge in [-0.1, -0.05) is 53.4 Å². The van der Waals surface area contributed by atoms with E-state index in [0.29, 0.717) is 105 Å². The Hall–Kier alpha value is -9.04. The SMILES string of the molecule is CCCCOc1ccc(Oc2cc3c4c(cc(Oc5ccc(OCCCC)cc5)c5c6c(Oc7ccc(OCCCC)cc7)cc7c8c(cc(Oc9ccc(OCCCC)cc9)c(c2c45)c86)C(=O)OC7=O)C(=O)OC3=O)cc1. The summed E-state index contributed by atoms with van der Waals surface area (Å²) in [6, 6.07) is 34.5. The van der Waals surface area contributed by atoms with Crippen LogP contribution in [-0.4, -0.2) is 50.3 Å². The highest BCUT2D eigenvalue weighted by Gasteiger charge is 2.39. The van der Waals surface area contributed by atoms with Gasteiger partial charge in [0.25, 0.3) is 0 Å². The maximum Gasteiger partial charge on any atom is 0.346 e. The number of carbonyl (C=O) groups is 4. The Labute approximate surface area is 449 Å². The van der Waals surface area contributed by atoms with Crippen molar-refractivity contribution in [1.29, 1.82) is 0 Å². The van der Waals surface area contributed by atoms with Crippen molar-refractivity contribution in [2.45, 2.75) is 79.1 Å². The van der Waals surface area contributed by atoms with Crippen molar-refractivity contribution in [3.8, 4) is 69.0 Å². The molecule has 2 aliphatic rings. The zero-order valence-corrected chi connectivity index (χ0v) is 43.7. The zero-order chi connectivity index (χ0) is 53.9. The highest BCUT2D eigenvalue weighted by molar-refractivity contribution is 6.43. The van der Waals surface area contributed by atoms with Crippen LogP contribution in [0.2, 0.25) is 0 Å². The molecule has 0 saturated heterocycles. The highest BCUT2D eigenvalue weighted by atomic mass is 16.6. The Morgan fingerprint density at radius 2 is 0.487 bits per heavy atom. The molecule has 0 aliphatic carbocycles. The number of benzene rings is 9. The molecule has 0 unspecified atom stereocenters. The van der Waals surface area contributed by atoms with E-state index in [1.165, 1.54) is 24.3 Å². The predicted octanol–water partition coefficient (Wildman–Crippen LogP) is 16.2. The maximum atomic E-state index is 14.3. The molecule has 0 N–H and O–H groups in total. The summed E-state index contributed by atoms with van der Waals surface area (Å²) in [6.45, 7) is 10.5. The van der Waals surface area contributed by atoms with Crippen molar-refractivity contribution in [3.05, 3.63) is 144 Å². The topological polar surface area (TPSA) is 161 Å². The fourth-order valence-electron chi connectivity index (χ4n) is 9.78. The lowest BCUT2D eigenvalue weighted by molar-refractivity contribution is 0.0373. The summed E-state index contributed by atoms with van der Waals surface area (Å²) in [4.78, 5) is 57.0. The summed E-state index contributed by atoms with van der Waals surface area (Å²) < 4.78 is 62.6. The van der Waals surface area contributed by atoms with Crippen LogP contribution in [-0.2, 0) is 9.47 Å². The summed E-state index contributed by atoms with van der Waals surface area (Å²) in [7, 11) is 0. The molecule has 2 aliphatic heterocycles. The number of hydrogen-bond acceptors (Lipinski definition) is 14. The van der Waals surface area contributed by atoms with Crippen LogP contribution in [0.3, 0.4) is 0 Å². The fourth-order valence-corrected chi connectivity index (χ4v) is 9.78. The summed E-state index contributed by atoms with van der Waals surface area (Å²) >= 11 is 0. The minimum atomic E-state index is -0.901. The molecule has 14 nitrogen and oxygen atoms in total. The van der Waals surface area contributed by atoms with Crippen LogP contribution < -0.4 is 37.9 Å². The van der Waals surface area contributed by atoms with Crippen molar-refractivity contribution in [3.63, 3.8) is 0 Å². The molecular formula is C64H56O14. The molecule has 0 bridgehead atoms. The van der Waals surface area contributed by atoms with E-state index in [1.807, 2.05) is 0 Å². The number of esters is 4. The Bertz CT molecular complexity index is 3250. The summed E-state index contributed by atoms with van der Waals surface area (Å²) in [5.74, 6) is 0.986. The van der Waals surface area contributed by atoms with Crippen molar-refractivity contribution in [2.75, 3.05) is 26.4 Å². The Morgan fingerprint density at radius 1 is 0.282 bits per heavy atom. The second kappa shape index (κ2) is 22.3. The molecular weight excluding hydrogens is 993 g/mol. The molecule has 396 valence electrons. The second-order valence-electron chi connectivity index (χ2n) is 19.1. The van der Waals surface area contributed by atoms with Crippen molar-refractivity contribution in [2.24, 2.45) is 0 Å². The number of rotatable bonds is 24. The first-order valence-electron chi connectivity index (χ1n) is 26.7. The van der Waals surface area contributed by atoms with Crippen molar-refractivity contribution in [1.82, 2.24) is 0 Å². The van der Waals surface area contributed by atoms with Crippen molar-refractivity contribution < 1.29 is 66.5 Å². The quantitative estimate of drug-likeness (QED) is 0.0185. The average molecular weight is 1050 g/mol. The molecule has 0 amide bonds. The van der Waals surface area contributed by atoms with Crippen LogP contribution in [0.1, 0.15) is 120 Å². The average Bonchev–Trinajstić information content (AvgIpc) is 3.44. The summed E-state index contributed by atoms with van der Waals surface area (Å²) in [5, 5.41) is 2.55. The molecule has 2 heterocycles. The van der Waals surface area contributed by atoms with E-state index in [9.17, 15) is 19.2 Å². The van der Waals surface area contributed by atoms with Gasteiger partial charge in [-0.2, -0.15) is 0 Å². The number of unbranched alkanes of at least 4 members (excludes halogenated alkanes) is 4. The third-order valence-electron chi connectivity index (χ3n) is 13.7. The standard InChI is InChI=1S/C64H56O14/c1-5-9-29-69-37-13-21-41(22-14-37)73-49-33-45-53-46(62(66)77-61(45)65)35-51(75-43-25-17-39(18-26-43)71-31-11-7-3)57-58-52(76-44-27-19-40(20-28-44)72-32-12-8-4)36-48-54-47(63(67)78-64(48)68)34-50(56(60(54)58)55(49)59(53)57)74-42-23-15-38(16-24-42)70-30-10-6-2/h13-28,33-36H,5-12,29-32H2,1-4H3. The first-order chi connectivity index (χ1) is 38.1. The minimum Gasteiger partial charge on any atom is -0.494 e. The van der Waals surface area contributed by atoms with Gasteiger partial charge in [-0.25, -0.2) is 19.2 Å². The van der Waals surface area contributed by atoms with E-state index >= 15 is 0 Å². The van der Waals surface area contributed by atoms with Crippen LogP contribution in [0.4, 0.5) is 0 Å². The molecule has 0 spiro atoms. The summed E-state index contributed by atoms with van der Waals surface area (Å²) in [6.07, 6.45) is 7.37. The molecule has 0 radical (unpaired) electrons. The van der Waals surface area contributed by atoms with Gasteiger partial charge in [-0.05, 0) is 147 Å². The molecule has 11 rings (SSSR count). The first-order valence-corrected chi connectivity index (χ1v) is 26.7. The van der Waals surface area contributed by atoms with E-state index in [-0.39, 0.29) is 56.0 Å². The van der Waals surface area contributed by atoms with E-state index in [2.05, 4.69) is 27.7 Å². The van der Waals surface area contributed by atoms with E-state index in [1.54, 1.807) is 97.1 Å². The van der Waals surface area contributed by atoms with Crippen LogP contribution >= 0.6 is 0 Å². The van der Waals surface area contributed by atoms with Gasteiger partial charge in [0.1, 0.15) is 69.0 Å². The molecule has 0 fully saturated rings. The molecule has 78 heavy (non-hydrogen) atoms. The van der Waals surface area contributed by atoms with Gasteiger partial charge in [0, 0.05) is 43.1 Å². The van der Waals surface area contributed by atoms with Gasteiger partial charge in [0.05, 0.1) is 48.7 Å². The molecule has 0 aromatic heterocycles. The van der Waals surface area contributed by atoms with E-state index < -0.39 is 23.9 Å². The number of carbonyl (C=O) groups excluding carboxylic acids is 4. The Morgan fingerprint density at radius 3 is 0.692 bits per heavy atom. The van der Waals surface area contributed by atoms with Gasteiger partial charge in [0.15, 0.2) is 0 Å². The lowest BCUT2D eigenvalue weighted by Gasteiger charge is -2.28. The van der Waals surface area contributed by atoms with Crippen LogP contribution in [0.15, 0.2) is 121 Å². The number of ether oxygens (including phenoxy) is 10. The van der Waals surface area contributed by atoms with Gasteiger partial charge >= 0.3 is 23.9 Å². The molecule has 9 aromatic rings. The smallest absolute Gasteiger partial charge is 0.346 e. The fraction of sp³-hybridized carbons (Fsp3) is 0.250. The lowest BCUT2D eigenvalue weighted by atomic mass is 9.82.